The lowest BCUT2D eigenvalue weighted by Crippen LogP contribution is -2.32. The number of aliphatic hydroxyl groups excluding tert-OH is 2. The van der Waals surface area contributed by atoms with Crippen LogP contribution in [0.5, 0.6) is 0 Å². The van der Waals surface area contributed by atoms with Gasteiger partial charge in [0.15, 0.2) is 0 Å². The highest BCUT2D eigenvalue weighted by molar-refractivity contribution is 5.37. The minimum Gasteiger partial charge on any atom is -0.393 e. The second kappa shape index (κ2) is 11.5. The first-order chi connectivity index (χ1) is 15.2. The van der Waals surface area contributed by atoms with Crippen molar-refractivity contribution in [3.63, 3.8) is 0 Å². The molecule has 4 rings (SSSR count). The summed E-state index contributed by atoms with van der Waals surface area (Å²) in [6.45, 7) is 12.3. The van der Waals surface area contributed by atoms with Crippen LogP contribution < -0.4 is 0 Å². The van der Waals surface area contributed by atoms with E-state index in [0.717, 1.165) is 36.2 Å². The fraction of sp³-hybridized carbons (Fsp3) is 0.800. The van der Waals surface area contributed by atoms with Crippen LogP contribution in [-0.2, 0) is 13.0 Å². The maximum Gasteiger partial charge on any atom is 0.0684 e. The molecule has 3 aliphatic rings. The van der Waals surface area contributed by atoms with Gasteiger partial charge in [0, 0.05) is 0 Å². The molecule has 0 spiro atoms. The molecule has 1 unspecified atom stereocenters. The Bertz CT molecular complexity index is 711. The van der Waals surface area contributed by atoms with Gasteiger partial charge in [0.1, 0.15) is 0 Å². The van der Waals surface area contributed by atoms with Crippen LogP contribution in [0.2, 0.25) is 0 Å². The SMILES string of the molecule is CC(C)CCC[C@@H](C)[C@H]1CC[C@H]2c3ccc(cc3CO)C[C@@H](O)CCC(C)CCC[C@]12C. The quantitative estimate of drug-likeness (QED) is 0.475. The summed E-state index contributed by atoms with van der Waals surface area (Å²) in [7, 11) is 0. The van der Waals surface area contributed by atoms with Gasteiger partial charge in [-0.15, -0.1) is 0 Å². The molecule has 0 radical (unpaired) electrons. The minimum absolute atomic E-state index is 0.109. The van der Waals surface area contributed by atoms with E-state index in [1.54, 1.807) is 0 Å². The fourth-order valence-electron chi connectivity index (χ4n) is 7.21. The molecule has 6 atom stereocenters. The summed E-state index contributed by atoms with van der Waals surface area (Å²) in [4.78, 5) is 0. The van der Waals surface area contributed by atoms with Crippen LogP contribution in [-0.4, -0.2) is 16.3 Å². The van der Waals surface area contributed by atoms with Crippen LogP contribution in [0.25, 0.3) is 0 Å². The maximum absolute atomic E-state index is 10.6. The molecule has 2 nitrogen and oxygen atoms in total. The van der Waals surface area contributed by atoms with Crippen molar-refractivity contribution in [2.24, 2.45) is 29.1 Å². The highest BCUT2D eigenvalue weighted by Crippen LogP contribution is 2.59. The van der Waals surface area contributed by atoms with Gasteiger partial charge >= 0.3 is 0 Å². The predicted molar refractivity (Wildman–Crippen MR) is 136 cm³/mol. The van der Waals surface area contributed by atoms with Gasteiger partial charge in [-0.3, -0.25) is 0 Å². The first kappa shape index (κ1) is 25.8. The molecular formula is C30H50O2. The smallest absolute Gasteiger partial charge is 0.0684 e. The van der Waals surface area contributed by atoms with Crippen LogP contribution in [0, 0.1) is 29.1 Å². The number of fused-ring (bicyclic) bond motifs is 9. The molecule has 0 amide bonds. The van der Waals surface area contributed by atoms with Crippen molar-refractivity contribution in [2.45, 2.75) is 124 Å². The second-order valence-corrected chi connectivity index (χ2v) is 12.2. The molecular weight excluding hydrogens is 392 g/mol. The summed E-state index contributed by atoms with van der Waals surface area (Å²) in [6, 6.07) is 6.72. The first-order valence-electron chi connectivity index (χ1n) is 13.6. The Hall–Kier alpha value is -0.860. The Morgan fingerprint density at radius 3 is 2.53 bits per heavy atom. The highest BCUT2D eigenvalue weighted by Gasteiger charge is 2.48. The third-order valence-corrected chi connectivity index (χ3v) is 9.17. The molecule has 32 heavy (non-hydrogen) atoms. The van der Waals surface area contributed by atoms with E-state index in [1.807, 2.05) is 0 Å². The second-order valence-electron chi connectivity index (χ2n) is 12.2. The number of hydrogen-bond acceptors (Lipinski definition) is 2. The van der Waals surface area contributed by atoms with E-state index in [9.17, 15) is 10.2 Å². The van der Waals surface area contributed by atoms with E-state index in [4.69, 9.17) is 0 Å². The zero-order chi connectivity index (χ0) is 23.3. The van der Waals surface area contributed by atoms with Crippen molar-refractivity contribution in [1.29, 1.82) is 0 Å². The van der Waals surface area contributed by atoms with Gasteiger partial charge in [-0.2, -0.15) is 0 Å². The van der Waals surface area contributed by atoms with Gasteiger partial charge in [0.25, 0.3) is 0 Å². The number of aliphatic hydroxyl groups is 2. The molecule has 2 heteroatoms. The van der Waals surface area contributed by atoms with Crippen LogP contribution in [0.3, 0.4) is 0 Å². The van der Waals surface area contributed by atoms with Crippen LogP contribution in [0.1, 0.15) is 121 Å². The van der Waals surface area contributed by atoms with Gasteiger partial charge in [0.2, 0.25) is 0 Å². The molecule has 1 aromatic rings. The van der Waals surface area contributed by atoms with Gasteiger partial charge in [0.05, 0.1) is 12.7 Å². The monoisotopic (exact) mass is 442 g/mol. The van der Waals surface area contributed by atoms with Crippen molar-refractivity contribution in [3.05, 3.63) is 34.9 Å². The molecule has 2 bridgehead atoms. The van der Waals surface area contributed by atoms with E-state index in [1.165, 1.54) is 62.5 Å². The van der Waals surface area contributed by atoms with E-state index < -0.39 is 0 Å². The molecule has 1 aromatic carbocycles. The molecule has 0 saturated heterocycles. The molecule has 0 aromatic heterocycles. The summed E-state index contributed by atoms with van der Waals surface area (Å²) < 4.78 is 0. The number of rotatable bonds is 6. The van der Waals surface area contributed by atoms with Crippen molar-refractivity contribution in [3.8, 4) is 0 Å². The summed E-state index contributed by atoms with van der Waals surface area (Å²) in [6.07, 6.45) is 12.9. The van der Waals surface area contributed by atoms with Gasteiger partial charge in [-0.25, -0.2) is 0 Å². The van der Waals surface area contributed by atoms with E-state index in [0.29, 0.717) is 23.7 Å². The predicted octanol–water partition coefficient (Wildman–Crippen LogP) is 7.64. The average Bonchev–Trinajstić information content (AvgIpc) is 3.08. The van der Waals surface area contributed by atoms with Crippen LogP contribution in [0.4, 0.5) is 0 Å². The Labute approximate surface area is 198 Å². The molecule has 1 saturated carbocycles. The van der Waals surface area contributed by atoms with E-state index >= 15 is 0 Å². The normalized spacial score (nSPS) is 32.6. The molecule has 182 valence electrons. The Morgan fingerprint density at radius 2 is 1.81 bits per heavy atom. The minimum atomic E-state index is -0.273. The van der Waals surface area contributed by atoms with Crippen molar-refractivity contribution < 1.29 is 10.2 Å². The Morgan fingerprint density at radius 1 is 1.03 bits per heavy atom. The van der Waals surface area contributed by atoms with E-state index in [-0.39, 0.29) is 12.7 Å². The van der Waals surface area contributed by atoms with Crippen molar-refractivity contribution in [1.82, 2.24) is 0 Å². The summed E-state index contributed by atoms with van der Waals surface area (Å²) in [5.41, 5.74) is 3.97. The molecule has 0 aliphatic heterocycles. The summed E-state index contributed by atoms with van der Waals surface area (Å²) >= 11 is 0. The van der Waals surface area contributed by atoms with Crippen molar-refractivity contribution >= 4 is 0 Å². The summed E-state index contributed by atoms with van der Waals surface area (Å²) in [5, 5.41) is 20.8. The third-order valence-electron chi connectivity index (χ3n) is 9.17. The van der Waals surface area contributed by atoms with Crippen molar-refractivity contribution in [2.75, 3.05) is 0 Å². The number of hydrogen-bond donors (Lipinski definition) is 2. The Balaban J connectivity index is 1.90. The third kappa shape index (κ3) is 6.17. The molecule has 0 heterocycles. The first-order valence-corrected chi connectivity index (χ1v) is 13.6. The zero-order valence-corrected chi connectivity index (χ0v) is 21.6. The lowest BCUT2D eigenvalue weighted by atomic mass is 9.63. The summed E-state index contributed by atoms with van der Waals surface area (Å²) in [5.74, 6) is 3.57. The average molecular weight is 443 g/mol. The van der Waals surface area contributed by atoms with Gasteiger partial charge in [-0.05, 0) is 90.2 Å². The van der Waals surface area contributed by atoms with Crippen LogP contribution >= 0.6 is 0 Å². The standard InChI is InChI=1S/C30H50O2/c1-21(2)8-6-10-23(4)28-15-16-29-27-14-12-24(18-25(27)20-31)19-26(32)13-11-22(3)9-7-17-30(28,29)5/h12,14,18,21-23,26,28-29,31-32H,6-11,13,15-17,19-20H2,1-5H3/t22?,23-,26+,28-,29+,30-/m1/s1. The topological polar surface area (TPSA) is 40.5 Å². The number of benzene rings is 1. The lowest BCUT2D eigenvalue weighted by molar-refractivity contribution is 0.117. The maximum atomic E-state index is 10.6. The van der Waals surface area contributed by atoms with E-state index in [2.05, 4.69) is 52.8 Å². The largest absolute Gasteiger partial charge is 0.393 e. The van der Waals surface area contributed by atoms with Gasteiger partial charge < -0.3 is 10.2 Å². The molecule has 2 N–H and O–H groups in total. The van der Waals surface area contributed by atoms with Crippen LogP contribution in [0.15, 0.2) is 18.2 Å². The molecule has 1 fully saturated rings. The lowest BCUT2D eigenvalue weighted by Gasteiger charge is -2.41. The highest BCUT2D eigenvalue weighted by atomic mass is 16.3. The fourth-order valence-corrected chi connectivity index (χ4v) is 7.21. The zero-order valence-electron chi connectivity index (χ0n) is 21.6. The van der Waals surface area contributed by atoms with Gasteiger partial charge in [-0.1, -0.05) is 84.9 Å². The Kier molecular flexibility index (Phi) is 9.27. The molecule has 3 aliphatic carbocycles.